The number of benzene rings is 1. The van der Waals surface area contributed by atoms with E-state index in [-0.39, 0.29) is 24.3 Å². The molecule has 2 N–H and O–H groups in total. The van der Waals surface area contributed by atoms with Gasteiger partial charge in [-0.25, -0.2) is 0 Å². The molecule has 5 heteroatoms. The van der Waals surface area contributed by atoms with Crippen molar-refractivity contribution in [3.8, 4) is 0 Å². The van der Waals surface area contributed by atoms with Gasteiger partial charge in [0.25, 0.3) is 5.91 Å². The third kappa shape index (κ3) is 3.54. The number of carbonyl (C=O) groups excluding carboxylic acids is 2. The summed E-state index contributed by atoms with van der Waals surface area (Å²) in [5.41, 5.74) is 7.88. The Hall–Kier alpha value is -2.04. The number of hydrogen-bond donors (Lipinski definition) is 1. The maximum Gasteiger partial charge on any atom is 0.307 e. The number of rotatable bonds is 3. The Morgan fingerprint density at radius 3 is 2.86 bits per heavy atom. The van der Waals surface area contributed by atoms with Crippen molar-refractivity contribution < 1.29 is 14.3 Å². The van der Waals surface area contributed by atoms with Gasteiger partial charge in [0.15, 0.2) is 0 Å². The van der Waals surface area contributed by atoms with Gasteiger partial charge >= 0.3 is 5.97 Å². The quantitative estimate of drug-likeness (QED) is 0.683. The summed E-state index contributed by atoms with van der Waals surface area (Å²) in [7, 11) is 1.37. The summed E-state index contributed by atoms with van der Waals surface area (Å²) < 4.78 is 4.73. The van der Waals surface area contributed by atoms with Gasteiger partial charge in [-0.15, -0.1) is 0 Å². The predicted molar refractivity (Wildman–Crippen MR) is 80.9 cm³/mol. The molecule has 0 aromatic heterocycles. The lowest BCUT2D eigenvalue weighted by molar-refractivity contribution is -0.142. The average molecular weight is 290 g/mol. The molecule has 0 spiro atoms. The van der Waals surface area contributed by atoms with Crippen LogP contribution >= 0.6 is 0 Å². The maximum absolute atomic E-state index is 12.8. The summed E-state index contributed by atoms with van der Waals surface area (Å²) in [6.45, 7) is 2.57. The van der Waals surface area contributed by atoms with Crippen molar-refractivity contribution in [1.29, 1.82) is 0 Å². The van der Waals surface area contributed by atoms with Gasteiger partial charge < -0.3 is 15.4 Å². The Kier molecular flexibility index (Phi) is 4.83. The number of aryl methyl sites for hydroxylation is 1. The van der Waals surface area contributed by atoms with E-state index >= 15 is 0 Å². The predicted octanol–water partition coefficient (Wildman–Crippen LogP) is 2.14. The van der Waals surface area contributed by atoms with Gasteiger partial charge in [-0.05, 0) is 43.9 Å². The topological polar surface area (TPSA) is 72.6 Å². The molecule has 1 aromatic carbocycles. The molecule has 1 saturated heterocycles. The fourth-order valence-electron chi connectivity index (χ4n) is 2.78. The summed E-state index contributed by atoms with van der Waals surface area (Å²) in [4.78, 5) is 26.1. The lowest BCUT2D eigenvalue weighted by atomic mass is 9.97. The smallest absolute Gasteiger partial charge is 0.307 e. The Morgan fingerprint density at radius 2 is 2.14 bits per heavy atom. The van der Waals surface area contributed by atoms with Gasteiger partial charge in [-0.1, -0.05) is 6.07 Å². The van der Waals surface area contributed by atoms with Crippen molar-refractivity contribution >= 4 is 17.6 Å². The summed E-state index contributed by atoms with van der Waals surface area (Å²) in [6, 6.07) is 5.26. The monoisotopic (exact) mass is 290 g/mol. The number of amides is 1. The van der Waals surface area contributed by atoms with Gasteiger partial charge in [-0.3, -0.25) is 9.59 Å². The van der Waals surface area contributed by atoms with Crippen molar-refractivity contribution in [2.75, 3.05) is 19.4 Å². The van der Waals surface area contributed by atoms with Gasteiger partial charge in [0.2, 0.25) is 0 Å². The molecular formula is C16H22N2O3. The van der Waals surface area contributed by atoms with E-state index in [1.165, 1.54) is 7.11 Å². The van der Waals surface area contributed by atoms with E-state index in [4.69, 9.17) is 10.5 Å². The molecule has 2 rings (SSSR count). The molecule has 1 aliphatic rings. The van der Waals surface area contributed by atoms with Crippen LogP contribution in [0, 0.1) is 6.92 Å². The highest BCUT2D eigenvalue weighted by molar-refractivity contribution is 5.97. The Bertz CT molecular complexity index is 542. The van der Waals surface area contributed by atoms with Gasteiger partial charge in [-0.2, -0.15) is 0 Å². The molecular weight excluding hydrogens is 268 g/mol. The van der Waals surface area contributed by atoms with Crippen molar-refractivity contribution in [2.45, 2.75) is 38.6 Å². The standard InChI is InChI=1S/C16H22N2O3/c1-11-6-7-12(17)9-14(11)16(20)18-8-4-3-5-13(18)10-15(19)21-2/h6-7,9,13H,3-5,8,10,17H2,1-2H3. The number of esters is 1. The van der Waals surface area contributed by atoms with E-state index < -0.39 is 0 Å². The van der Waals surface area contributed by atoms with E-state index in [2.05, 4.69) is 0 Å². The average Bonchev–Trinajstić information content (AvgIpc) is 2.49. The number of nitrogen functional groups attached to an aromatic ring is 1. The Labute approximate surface area is 125 Å². The van der Waals surface area contributed by atoms with E-state index in [0.29, 0.717) is 17.8 Å². The minimum atomic E-state index is -0.274. The van der Waals surface area contributed by atoms with Crippen molar-refractivity contribution in [3.63, 3.8) is 0 Å². The molecule has 0 radical (unpaired) electrons. The van der Waals surface area contributed by atoms with Crippen molar-refractivity contribution in [3.05, 3.63) is 29.3 Å². The van der Waals surface area contributed by atoms with Crippen LogP contribution in [-0.2, 0) is 9.53 Å². The number of methoxy groups -OCH3 is 1. The largest absolute Gasteiger partial charge is 0.469 e. The lowest BCUT2D eigenvalue weighted by Gasteiger charge is -2.35. The fourth-order valence-corrected chi connectivity index (χ4v) is 2.78. The van der Waals surface area contributed by atoms with Crippen LogP contribution in [0.5, 0.6) is 0 Å². The first-order chi connectivity index (χ1) is 10.0. The first-order valence-electron chi connectivity index (χ1n) is 7.27. The molecule has 1 atom stereocenters. The zero-order valence-corrected chi connectivity index (χ0v) is 12.6. The van der Waals surface area contributed by atoms with E-state index in [1.54, 1.807) is 17.0 Å². The highest BCUT2D eigenvalue weighted by atomic mass is 16.5. The molecule has 1 heterocycles. The van der Waals surface area contributed by atoms with Crippen LogP contribution in [0.15, 0.2) is 18.2 Å². The van der Waals surface area contributed by atoms with Crippen LogP contribution in [0.2, 0.25) is 0 Å². The SMILES string of the molecule is COC(=O)CC1CCCCN1C(=O)c1cc(N)ccc1C. The number of ether oxygens (including phenoxy) is 1. The number of nitrogens with two attached hydrogens (primary N) is 1. The first-order valence-corrected chi connectivity index (χ1v) is 7.27. The van der Waals surface area contributed by atoms with Crippen LogP contribution in [0.3, 0.4) is 0 Å². The zero-order valence-electron chi connectivity index (χ0n) is 12.6. The third-order valence-corrected chi connectivity index (χ3v) is 4.01. The summed E-state index contributed by atoms with van der Waals surface area (Å²) in [5, 5.41) is 0. The van der Waals surface area contributed by atoms with Gasteiger partial charge in [0.1, 0.15) is 0 Å². The molecule has 1 aliphatic heterocycles. The second-order valence-corrected chi connectivity index (χ2v) is 5.50. The summed E-state index contributed by atoms with van der Waals surface area (Å²) in [6.07, 6.45) is 3.08. The van der Waals surface area contributed by atoms with Crippen LogP contribution < -0.4 is 5.73 Å². The molecule has 114 valence electrons. The normalized spacial score (nSPS) is 18.4. The van der Waals surface area contributed by atoms with Gasteiger partial charge in [0, 0.05) is 23.8 Å². The zero-order chi connectivity index (χ0) is 15.4. The number of hydrogen-bond acceptors (Lipinski definition) is 4. The second-order valence-electron chi connectivity index (χ2n) is 5.50. The molecule has 0 saturated carbocycles. The van der Waals surface area contributed by atoms with E-state index in [1.807, 2.05) is 13.0 Å². The fraction of sp³-hybridized carbons (Fsp3) is 0.500. The van der Waals surface area contributed by atoms with Crippen LogP contribution in [0.4, 0.5) is 5.69 Å². The molecule has 1 unspecified atom stereocenters. The Morgan fingerprint density at radius 1 is 1.38 bits per heavy atom. The molecule has 0 bridgehead atoms. The second kappa shape index (κ2) is 6.61. The van der Waals surface area contributed by atoms with Crippen LogP contribution in [0.25, 0.3) is 0 Å². The van der Waals surface area contributed by atoms with Crippen molar-refractivity contribution in [2.24, 2.45) is 0 Å². The molecule has 1 fully saturated rings. The molecule has 1 aromatic rings. The molecule has 1 amide bonds. The number of nitrogens with zero attached hydrogens (tertiary/aromatic N) is 1. The van der Waals surface area contributed by atoms with E-state index in [9.17, 15) is 9.59 Å². The minimum absolute atomic E-state index is 0.0478. The van der Waals surface area contributed by atoms with Crippen LogP contribution in [-0.4, -0.2) is 36.5 Å². The molecule has 21 heavy (non-hydrogen) atoms. The highest BCUT2D eigenvalue weighted by Crippen LogP contribution is 2.24. The third-order valence-electron chi connectivity index (χ3n) is 4.01. The van der Waals surface area contributed by atoms with Gasteiger partial charge in [0.05, 0.1) is 13.5 Å². The van der Waals surface area contributed by atoms with E-state index in [0.717, 1.165) is 24.8 Å². The first kappa shape index (κ1) is 15.4. The molecule has 5 nitrogen and oxygen atoms in total. The summed E-state index contributed by atoms with van der Waals surface area (Å²) >= 11 is 0. The minimum Gasteiger partial charge on any atom is -0.469 e. The number of likely N-dealkylation sites (tertiary alicyclic amines) is 1. The number of anilines is 1. The van der Waals surface area contributed by atoms with Crippen LogP contribution in [0.1, 0.15) is 41.6 Å². The van der Waals surface area contributed by atoms with Crippen molar-refractivity contribution in [1.82, 2.24) is 4.90 Å². The highest BCUT2D eigenvalue weighted by Gasteiger charge is 2.30. The summed E-state index contributed by atoms with van der Waals surface area (Å²) in [5.74, 6) is -0.322. The maximum atomic E-state index is 12.8. The lowest BCUT2D eigenvalue weighted by Crippen LogP contribution is -2.45. The number of carbonyl (C=O) groups is 2. The number of piperidine rings is 1. The molecule has 0 aliphatic carbocycles. The Balaban J connectivity index is 2.22.